The minimum atomic E-state index is 0.620. The molecule has 0 aromatic carbocycles. The Morgan fingerprint density at radius 2 is 2.31 bits per heavy atom. The second-order valence-corrected chi connectivity index (χ2v) is 6.81. The van der Waals surface area contributed by atoms with E-state index in [-0.39, 0.29) is 0 Å². The third-order valence-electron chi connectivity index (χ3n) is 3.03. The van der Waals surface area contributed by atoms with Crippen LogP contribution in [-0.4, -0.2) is 26.1 Å². The van der Waals surface area contributed by atoms with Crippen LogP contribution in [0.25, 0.3) is 0 Å². The van der Waals surface area contributed by atoms with Gasteiger partial charge in [-0.15, -0.1) is 0 Å². The molecule has 2 unspecified atom stereocenters. The molecule has 1 saturated heterocycles. The normalized spacial score (nSPS) is 25.2. The van der Waals surface area contributed by atoms with Crippen molar-refractivity contribution in [3.05, 3.63) is 16.4 Å². The summed E-state index contributed by atoms with van der Waals surface area (Å²) < 4.78 is 2.04. The van der Waals surface area contributed by atoms with Crippen LogP contribution in [0.15, 0.2) is 0 Å². The highest BCUT2D eigenvalue weighted by Crippen LogP contribution is 2.34. The Morgan fingerprint density at radius 1 is 1.56 bits per heavy atom. The maximum absolute atomic E-state index is 6.31. The molecule has 1 aromatic heterocycles. The first-order valence-corrected chi connectivity index (χ1v) is 8.02. The summed E-state index contributed by atoms with van der Waals surface area (Å²) in [5, 5.41) is 5.32. The molecule has 5 heteroatoms. The average molecular weight is 324 g/mol. The maximum Gasteiger partial charge on any atom is 0.0847 e. The second kappa shape index (κ2) is 5.32. The summed E-state index contributed by atoms with van der Waals surface area (Å²) in [5.41, 5.74) is 2.16. The summed E-state index contributed by atoms with van der Waals surface area (Å²) in [6.07, 6.45) is 1.04. The van der Waals surface area contributed by atoms with Crippen molar-refractivity contribution in [3.8, 4) is 0 Å². The molecule has 1 aromatic rings. The first-order valence-electron chi connectivity index (χ1n) is 5.57. The van der Waals surface area contributed by atoms with E-state index in [9.17, 15) is 0 Å². The summed E-state index contributed by atoms with van der Waals surface area (Å²) >= 11 is 12.1. The lowest BCUT2D eigenvalue weighted by atomic mass is 10.0. The zero-order valence-electron chi connectivity index (χ0n) is 9.54. The third kappa shape index (κ3) is 2.44. The Balaban J connectivity index is 2.19. The van der Waals surface area contributed by atoms with Crippen LogP contribution >= 0.6 is 39.3 Å². The van der Waals surface area contributed by atoms with Gasteiger partial charge in [-0.25, -0.2) is 0 Å². The predicted molar refractivity (Wildman–Crippen MR) is 74.9 cm³/mol. The van der Waals surface area contributed by atoms with Crippen molar-refractivity contribution in [3.63, 3.8) is 0 Å². The molecular formula is C11H16BrClN2S. The lowest BCUT2D eigenvalue weighted by Crippen LogP contribution is -2.17. The number of hydrogen-bond acceptors (Lipinski definition) is 2. The van der Waals surface area contributed by atoms with E-state index in [0.29, 0.717) is 10.7 Å². The van der Waals surface area contributed by atoms with Gasteiger partial charge in [0, 0.05) is 17.1 Å². The third-order valence-corrected chi connectivity index (χ3v) is 6.28. The summed E-state index contributed by atoms with van der Waals surface area (Å²) in [7, 11) is 0. The highest BCUT2D eigenvalue weighted by Gasteiger charge is 2.28. The number of rotatable bonds is 3. The largest absolute Gasteiger partial charge is 0.268 e. The molecule has 1 fully saturated rings. The highest BCUT2D eigenvalue weighted by atomic mass is 79.9. The van der Waals surface area contributed by atoms with Gasteiger partial charge in [0.25, 0.3) is 0 Å². The fourth-order valence-corrected chi connectivity index (χ4v) is 4.75. The van der Waals surface area contributed by atoms with E-state index < -0.39 is 0 Å². The summed E-state index contributed by atoms with van der Waals surface area (Å²) in [6, 6.07) is 0. The van der Waals surface area contributed by atoms with Crippen molar-refractivity contribution >= 4 is 39.3 Å². The van der Waals surface area contributed by atoms with E-state index in [0.717, 1.165) is 23.7 Å². The van der Waals surface area contributed by atoms with Crippen molar-refractivity contribution in [1.29, 1.82) is 0 Å². The molecule has 0 bridgehead atoms. The average Bonchev–Trinajstić information content (AvgIpc) is 2.78. The molecule has 0 radical (unpaired) electrons. The topological polar surface area (TPSA) is 17.8 Å². The van der Waals surface area contributed by atoms with E-state index in [1.165, 1.54) is 17.2 Å². The van der Waals surface area contributed by atoms with E-state index in [4.69, 9.17) is 11.6 Å². The number of hydrogen-bond donors (Lipinski definition) is 0. The monoisotopic (exact) mass is 322 g/mol. The smallest absolute Gasteiger partial charge is 0.0847 e. The first-order chi connectivity index (χ1) is 7.63. The molecule has 0 N–H and O–H groups in total. The molecule has 16 heavy (non-hydrogen) atoms. The molecule has 0 amide bonds. The fraction of sp³-hybridized carbons (Fsp3) is 0.727. The van der Waals surface area contributed by atoms with Gasteiger partial charge in [0.15, 0.2) is 0 Å². The van der Waals surface area contributed by atoms with Crippen molar-refractivity contribution in [2.45, 2.75) is 31.6 Å². The van der Waals surface area contributed by atoms with Gasteiger partial charge in [0.1, 0.15) is 0 Å². The summed E-state index contributed by atoms with van der Waals surface area (Å²) in [6.45, 7) is 4.99. The molecule has 0 spiro atoms. The second-order valence-electron chi connectivity index (χ2n) is 4.18. The number of halogens is 2. The van der Waals surface area contributed by atoms with Gasteiger partial charge in [0.2, 0.25) is 0 Å². The number of alkyl halides is 1. The Labute approximate surface area is 114 Å². The van der Waals surface area contributed by atoms with E-state index in [2.05, 4.69) is 28.0 Å². The van der Waals surface area contributed by atoms with Crippen LogP contribution in [0.2, 0.25) is 5.02 Å². The van der Waals surface area contributed by atoms with Crippen molar-refractivity contribution in [2.75, 3.05) is 11.5 Å². The molecule has 0 aliphatic carbocycles. The number of nitrogens with zero attached hydrogens (tertiary/aromatic N) is 2. The zero-order valence-corrected chi connectivity index (χ0v) is 12.7. The Morgan fingerprint density at radius 3 is 2.88 bits per heavy atom. The number of thioether (sulfide) groups is 1. The van der Waals surface area contributed by atoms with Crippen LogP contribution < -0.4 is 0 Å². The minimum absolute atomic E-state index is 0.620. The van der Waals surface area contributed by atoms with Crippen molar-refractivity contribution in [2.24, 2.45) is 5.92 Å². The Kier molecular flexibility index (Phi) is 4.25. The first kappa shape index (κ1) is 12.8. The molecule has 1 aliphatic rings. The maximum atomic E-state index is 6.31. The quantitative estimate of drug-likeness (QED) is 0.792. The van der Waals surface area contributed by atoms with E-state index in [1.54, 1.807) is 0 Å². The molecular weight excluding hydrogens is 308 g/mol. The van der Waals surface area contributed by atoms with E-state index >= 15 is 0 Å². The summed E-state index contributed by atoms with van der Waals surface area (Å²) in [4.78, 5) is 0.620. The molecule has 2 rings (SSSR count). The van der Waals surface area contributed by atoms with Crippen molar-refractivity contribution < 1.29 is 0 Å². The SMILES string of the molecule is CCn1nc(C)c(Cl)c1CC1CSCC1Br. The molecule has 2 atom stereocenters. The number of aromatic nitrogens is 2. The van der Waals surface area contributed by atoms with Gasteiger partial charge in [0.05, 0.1) is 16.4 Å². The number of aryl methyl sites for hydroxylation is 2. The molecule has 1 aliphatic heterocycles. The van der Waals surface area contributed by atoms with Crippen LogP contribution in [0.5, 0.6) is 0 Å². The van der Waals surface area contributed by atoms with Crippen LogP contribution in [0, 0.1) is 12.8 Å². The van der Waals surface area contributed by atoms with Gasteiger partial charge in [-0.3, -0.25) is 4.68 Å². The van der Waals surface area contributed by atoms with Crippen molar-refractivity contribution in [1.82, 2.24) is 9.78 Å². The zero-order chi connectivity index (χ0) is 11.7. The lowest BCUT2D eigenvalue weighted by molar-refractivity contribution is 0.549. The lowest BCUT2D eigenvalue weighted by Gasteiger charge is -2.14. The van der Waals surface area contributed by atoms with Crippen LogP contribution in [0.4, 0.5) is 0 Å². The summed E-state index contributed by atoms with van der Waals surface area (Å²) in [5.74, 6) is 3.12. The Bertz CT molecular complexity index is 380. The van der Waals surface area contributed by atoms with Gasteiger partial charge in [-0.2, -0.15) is 16.9 Å². The molecule has 2 heterocycles. The van der Waals surface area contributed by atoms with Gasteiger partial charge in [-0.05, 0) is 31.9 Å². The molecule has 2 nitrogen and oxygen atoms in total. The predicted octanol–water partition coefficient (Wildman–Crippen LogP) is 3.53. The molecule has 0 saturated carbocycles. The minimum Gasteiger partial charge on any atom is -0.268 e. The highest BCUT2D eigenvalue weighted by molar-refractivity contribution is 9.09. The van der Waals surface area contributed by atoms with Crippen LogP contribution in [0.3, 0.4) is 0 Å². The fourth-order valence-electron chi connectivity index (χ4n) is 2.07. The van der Waals surface area contributed by atoms with E-state index in [1.807, 2.05) is 23.4 Å². The van der Waals surface area contributed by atoms with Crippen LogP contribution in [-0.2, 0) is 13.0 Å². The van der Waals surface area contributed by atoms with Gasteiger partial charge in [-0.1, -0.05) is 27.5 Å². The van der Waals surface area contributed by atoms with Gasteiger partial charge >= 0.3 is 0 Å². The Hall–Kier alpha value is 0.330. The standard InChI is InChI=1S/C11H16BrClN2S/c1-3-15-10(11(13)7(2)14-15)4-8-5-16-6-9(8)12/h8-9H,3-6H2,1-2H3. The molecule has 90 valence electrons. The van der Waals surface area contributed by atoms with Crippen LogP contribution in [0.1, 0.15) is 18.3 Å². The van der Waals surface area contributed by atoms with Gasteiger partial charge < -0.3 is 0 Å².